The van der Waals surface area contributed by atoms with Crippen molar-refractivity contribution in [3.05, 3.63) is 77.8 Å². The zero-order valence-electron chi connectivity index (χ0n) is 19.2. The summed E-state index contributed by atoms with van der Waals surface area (Å²) in [5.74, 6) is -0.862. The first-order chi connectivity index (χ1) is 17.0. The Labute approximate surface area is 215 Å². The molecule has 0 amide bonds. The maximum atomic E-state index is 12.8. The van der Waals surface area contributed by atoms with E-state index in [-0.39, 0.29) is 29.2 Å². The van der Waals surface area contributed by atoms with Gasteiger partial charge in [0.1, 0.15) is 11.8 Å². The summed E-state index contributed by atoms with van der Waals surface area (Å²) >= 11 is 5.89. The first-order valence-electron chi connectivity index (χ1n) is 10.8. The number of nitrogens with one attached hydrogen (secondary N) is 2. The van der Waals surface area contributed by atoms with E-state index in [0.717, 1.165) is 11.1 Å². The highest BCUT2D eigenvalue weighted by Gasteiger charge is 2.25. The molecule has 0 aliphatic carbocycles. The predicted molar refractivity (Wildman–Crippen MR) is 136 cm³/mol. The van der Waals surface area contributed by atoms with Gasteiger partial charge < -0.3 is 9.84 Å². The van der Waals surface area contributed by atoms with Crippen molar-refractivity contribution in [2.24, 2.45) is 0 Å². The largest absolute Gasteiger partial charge is 0.497 e. The number of sulfonamides is 2. The molecule has 36 heavy (non-hydrogen) atoms. The molecule has 0 bridgehead atoms. The number of benzene rings is 3. The number of carboxylic acid groups (broad SMARTS) is 1. The number of methoxy groups -OCH3 is 1. The van der Waals surface area contributed by atoms with Crippen LogP contribution in [0.2, 0.25) is 5.02 Å². The molecule has 1 atom stereocenters. The fourth-order valence-corrected chi connectivity index (χ4v) is 5.73. The molecule has 3 rings (SSSR count). The summed E-state index contributed by atoms with van der Waals surface area (Å²) < 4.78 is 59.8. The van der Waals surface area contributed by atoms with Crippen molar-refractivity contribution in [1.82, 2.24) is 9.44 Å². The van der Waals surface area contributed by atoms with Crippen LogP contribution >= 0.6 is 11.6 Å². The Kier molecular flexibility index (Phi) is 9.09. The van der Waals surface area contributed by atoms with Crippen molar-refractivity contribution in [3.63, 3.8) is 0 Å². The van der Waals surface area contributed by atoms with E-state index >= 15 is 0 Å². The van der Waals surface area contributed by atoms with E-state index in [1.54, 1.807) is 36.4 Å². The van der Waals surface area contributed by atoms with Gasteiger partial charge in [-0.05, 0) is 72.5 Å². The minimum atomic E-state index is -4.13. The number of aliphatic carboxylic acids is 1. The van der Waals surface area contributed by atoms with E-state index in [1.807, 2.05) is 0 Å². The maximum Gasteiger partial charge on any atom is 0.321 e. The molecule has 3 N–H and O–H groups in total. The van der Waals surface area contributed by atoms with Crippen LogP contribution in [0.25, 0.3) is 11.1 Å². The number of hydrogen-bond acceptors (Lipinski definition) is 6. The second kappa shape index (κ2) is 11.8. The molecule has 0 unspecified atom stereocenters. The smallest absolute Gasteiger partial charge is 0.321 e. The highest BCUT2D eigenvalue weighted by molar-refractivity contribution is 7.89. The topological polar surface area (TPSA) is 139 Å². The molecular weight excluding hydrogens is 528 g/mol. The summed E-state index contributed by atoms with van der Waals surface area (Å²) in [5.41, 5.74) is 1.61. The van der Waals surface area contributed by atoms with Gasteiger partial charge in [0.25, 0.3) is 0 Å². The molecule has 0 spiro atoms. The van der Waals surface area contributed by atoms with E-state index < -0.39 is 32.1 Å². The van der Waals surface area contributed by atoms with E-state index in [0.29, 0.717) is 10.8 Å². The van der Waals surface area contributed by atoms with E-state index in [2.05, 4.69) is 9.44 Å². The molecule has 0 aliphatic heterocycles. The average Bonchev–Trinajstić information content (AvgIpc) is 2.86. The molecule has 3 aromatic rings. The fraction of sp³-hybridized carbons (Fsp3) is 0.208. The number of carboxylic acids is 1. The summed E-state index contributed by atoms with van der Waals surface area (Å²) in [4.78, 5) is 11.6. The molecule has 0 fully saturated rings. The Morgan fingerprint density at radius 1 is 0.861 bits per heavy atom. The molecular formula is C24H25ClN2O7S2. The second-order valence-electron chi connectivity index (χ2n) is 7.76. The summed E-state index contributed by atoms with van der Waals surface area (Å²) in [7, 11) is -6.47. The third-order valence-corrected chi connectivity index (χ3v) is 8.49. The van der Waals surface area contributed by atoms with Gasteiger partial charge in [-0.3, -0.25) is 4.79 Å². The number of halogens is 1. The molecule has 9 nitrogen and oxygen atoms in total. The third-order valence-electron chi connectivity index (χ3n) is 5.27. The number of carbonyl (C=O) groups is 1. The monoisotopic (exact) mass is 552 g/mol. The molecule has 3 aromatic carbocycles. The lowest BCUT2D eigenvalue weighted by Gasteiger charge is -2.15. The first kappa shape index (κ1) is 27.6. The normalized spacial score (nSPS) is 12.7. The first-order valence-corrected chi connectivity index (χ1v) is 14.1. The van der Waals surface area contributed by atoms with E-state index in [1.165, 1.54) is 43.5 Å². The lowest BCUT2D eigenvalue weighted by molar-refractivity contribution is -0.139. The quantitative estimate of drug-likeness (QED) is 0.292. The van der Waals surface area contributed by atoms with Gasteiger partial charge in [0.2, 0.25) is 20.0 Å². The van der Waals surface area contributed by atoms with Gasteiger partial charge in [0, 0.05) is 11.6 Å². The van der Waals surface area contributed by atoms with Crippen LogP contribution in [-0.4, -0.2) is 47.6 Å². The van der Waals surface area contributed by atoms with Gasteiger partial charge in [-0.1, -0.05) is 35.9 Å². The van der Waals surface area contributed by atoms with Gasteiger partial charge in [0.05, 0.1) is 16.9 Å². The van der Waals surface area contributed by atoms with Crippen LogP contribution in [0.15, 0.2) is 82.6 Å². The zero-order valence-corrected chi connectivity index (χ0v) is 21.6. The summed E-state index contributed by atoms with van der Waals surface area (Å²) in [5, 5.41) is 10.1. The Bertz CT molecular complexity index is 1390. The standard InChI is InChI=1S/C24H25ClN2O7S2/c1-34-20-10-14-21(15-11-20)35(30,31)26-16-2-3-23(24(28)29)27-36(32,33)22-12-6-18(7-13-22)17-4-8-19(25)9-5-17/h4-15,23,26-27H,2-3,16H2,1H3,(H,28,29)/t23-/m0/s1. The average molecular weight is 553 g/mol. The Hall–Kier alpha value is -2.96. The van der Waals surface area contributed by atoms with Crippen LogP contribution in [0.5, 0.6) is 5.75 Å². The predicted octanol–water partition coefficient (Wildman–Crippen LogP) is 3.51. The molecule has 0 heterocycles. The number of rotatable bonds is 12. The third kappa shape index (κ3) is 7.28. The summed E-state index contributed by atoms with van der Waals surface area (Å²) in [6.07, 6.45) is -0.0348. The van der Waals surface area contributed by atoms with Crippen LogP contribution in [0.3, 0.4) is 0 Å². The Morgan fingerprint density at radius 2 is 1.36 bits per heavy atom. The van der Waals surface area contributed by atoms with Crippen molar-refractivity contribution in [2.75, 3.05) is 13.7 Å². The molecule has 0 aromatic heterocycles. The van der Waals surface area contributed by atoms with Gasteiger partial charge in [-0.15, -0.1) is 0 Å². The van der Waals surface area contributed by atoms with Gasteiger partial charge >= 0.3 is 5.97 Å². The number of ether oxygens (including phenoxy) is 1. The SMILES string of the molecule is COc1ccc(S(=O)(=O)NCCC[C@H](NS(=O)(=O)c2ccc(-c3ccc(Cl)cc3)cc2)C(=O)O)cc1. The Morgan fingerprint density at radius 3 is 1.89 bits per heavy atom. The molecule has 12 heteroatoms. The lowest BCUT2D eigenvalue weighted by atomic mass is 10.1. The van der Waals surface area contributed by atoms with Crippen molar-refractivity contribution >= 4 is 37.6 Å². The summed E-state index contributed by atoms with van der Waals surface area (Å²) in [6, 6.07) is 17.4. The van der Waals surface area contributed by atoms with Crippen LogP contribution < -0.4 is 14.2 Å². The van der Waals surface area contributed by atoms with Crippen molar-refractivity contribution in [3.8, 4) is 16.9 Å². The minimum Gasteiger partial charge on any atom is -0.497 e. The van der Waals surface area contributed by atoms with Crippen LogP contribution in [0.4, 0.5) is 0 Å². The highest BCUT2D eigenvalue weighted by Crippen LogP contribution is 2.23. The molecule has 192 valence electrons. The molecule has 0 saturated heterocycles. The molecule has 0 saturated carbocycles. The highest BCUT2D eigenvalue weighted by atomic mass is 35.5. The fourth-order valence-electron chi connectivity index (χ4n) is 3.31. The lowest BCUT2D eigenvalue weighted by Crippen LogP contribution is -2.41. The van der Waals surface area contributed by atoms with Crippen molar-refractivity contribution in [1.29, 1.82) is 0 Å². The molecule has 0 aliphatic rings. The van der Waals surface area contributed by atoms with Gasteiger partial charge in [0.15, 0.2) is 0 Å². The van der Waals surface area contributed by atoms with E-state index in [9.17, 15) is 26.7 Å². The molecule has 0 radical (unpaired) electrons. The van der Waals surface area contributed by atoms with Gasteiger partial charge in [-0.2, -0.15) is 4.72 Å². The summed E-state index contributed by atoms with van der Waals surface area (Å²) in [6.45, 7) is -0.0738. The van der Waals surface area contributed by atoms with Crippen LogP contribution in [0.1, 0.15) is 12.8 Å². The Balaban J connectivity index is 1.59. The minimum absolute atomic E-state index is 0.0286. The van der Waals surface area contributed by atoms with E-state index in [4.69, 9.17) is 16.3 Å². The number of hydrogen-bond donors (Lipinski definition) is 3. The zero-order chi connectivity index (χ0) is 26.3. The maximum absolute atomic E-state index is 12.8. The van der Waals surface area contributed by atoms with Crippen LogP contribution in [-0.2, 0) is 24.8 Å². The van der Waals surface area contributed by atoms with Crippen molar-refractivity contribution in [2.45, 2.75) is 28.7 Å². The van der Waals surface area contributed by atoms with Crippen molar-refractivity contribution < 1.29 is 31.5 Å². The second-order valence-corrected chi connectivity index (χ2v) is 11.7. The van der Waals surface area contributed by atoms with Gasteiger partial charge in [-0.25, -0.2) is 21.6 Å². The van der Waals surface area contributed by atoms with Crippen LogP contribution in [0, 0.1) is 0 Å².